The number of nitrogens with zero attached hydrogens (tertiary/aromatic N) is 1. The molecule has 2 aromatic rings. The van der Waals surface area contributed by atoms with Crippen molar-refractivity contribution in [3.63, 3.8) is 0 Å². The predicted molar refractivity (Wildman–Crippen MR) is 79.6 cm³/mol. The van der Waals surface area contributed by atoms with Gasteiger partial charge in [-0.1, -0.05) is 29.8 Å². The number of thioether (sulfide) groups is 1. The first-order valence-corrected chi connectivity index (χ1v) is 7.46. The summed E-state index contributed by atoms with van der Waals surface area (Å²) >= 11 is 4.55. The van der Waals surface area contributed by atoms with E-state index in [1.165, 1.54) is 17.3 Å². The van der Waals surface area contributed by atoms with E-state index >= 15 is 0 Å². The summed E-state index contributed by atoms with van der Waals surface area (Å²) in [5, 5.41) is 8.82. The van der Waals surface area contributed by atoms with Gasteiger partial charge in [-0.15, -0.1) is 11.8 Å². The number of benzene rings is 2. The number of nitriles is 1. The first kappa shape index (κ1) is 14.1. The third kappa shape index (κ3) is 3.37. The Bertz CT molecular complexity index is 649. The summed E-state index contributed by atoms with van der Waals surface area (Å²) in [5.74, 6) is 0.341. The third-order valence-electron chi connectivity index (χ3n) is 2.64. The van der Waals surface area contributed by atoms with E-state index in [2.05, 4.69) is 22.0 Å². The van der Waals surface area contributed by atoms with Crippen LogP contribution in [0, 0.1) is 24.1 Å². The van der Waals surface area contributed by atoms with E-state index in [-0.39, 0.29) is 10.3 Å². The number of hydrogen-bond acceptors (Lipinski definition) is 2. The van der Waals surface area contributed by atoms with Crippen LogP contribution in [0.4, 0.5) is 4.39 Å². The second-order valence-corrected chi connectivity index (χ2v) is 5.94. The van der Waals surface area contributed by atoms with Crippen molar-refractivity contribution in [1.82, 2.24) is 0 Å². The van der Waals surface area contributed by atoms with Gasteiger partial charge in [-0.3, -0.25) is 0 Å². The van der Waals surface area contributed by atoms with E-state index < -0.39 is 0 Å². The summed E-state index contributed by atoms with van der Waals surface area (Å²) in [7, 11) is 0. The molecule has 2 aromatic carbocycles. The Balaban J connectivity index is 2.17. The van der Waals surface area contributed by atoms with Crippen LogP contribution < -0.4 is 0 Å². The maximum absolute atomic E-state index is 14.0. The average molecular weight is 336 g/mol. The number of hydrogen-bond donors (Lipinski definition) is 0. The molecule has 0 aliphatic carbocycles. The summed E-state index contributed by atoms with van der Waals surface area (Å²) in [6.45, 7) is 2.03. The molecule has 4 heteroatoms. The molecule has 2 rings (SSSR count). The molecule has 0 bridgehead atoms. The molecular formula is C15H11BrFNS. The molecule has 0 aliphatic rings. The minimum atomic E-state index is -0.364. The first-order chi connectivity index (χ1) is 9.11. The molecule has 0 aromatic heterocycles. The van der Waals surface area contributed by atoms with Crippen LogP contribution in [-0.2, 0) is 5.75 Å². The normalized spacial score (nSPS) is 10.2. The summed E-state index contributed by atoms with van der Waals surface area (Å²) in [6.07, 6.45) is 0. The number of halogens is 2. The van der Waals surface area contributed by atoms with Crippen LogP contribution in [0.3, 0.4) is 0 Å². The number of rotatable bonds is 3. The van der Waals surface area contributed by atoms with Crippen LogP contribution >= 0.6 is 27.7 Å². The summed E-state index contributed by atoms with van der Waals surface area (Å²) < 4.78 is 14.3. The Labute approximate surface area is 124 Å². The van der Waals surface area contributed by atoms with Gasteiger partial charge in [0, 0.05) is 10.6 Å². The molecule has 0 aliphatic heterocycles. The fourth-order valence-corrected chi connectivity index (χ4v) is 3.15. The van der Waals surface area contributed by atoms with Gasteiger partial charge in [-0.2, -0.15) is 5.26 Å². The van der Waals surface area contributed by atoms with Crippen molar-refractivity contribution in [1.29, 1.82) is 5.26 Å². The fourth-order valence-electron chi connectivity index (χ4n) is 1.69. The summed E-state index contributed by atoms with van der Waals surface area (Å²) in [4.78, 5) is 0.549. The van der Waals surface area contributed by atoms with Crippen LogP contribution in [0.15, 0.2) is 45.8 Å². The number of aryl methyl sites for hydroxylation is 1. The van der Waals surface area contributed by atoms with Crippen LogP contribution in [-0.4, -0.2) is 0 Å². The summed E-state index contributed by atoms with van der Waals surface area (Å²) in [5.41, 5.74) is 2.67. The highest BCUT2D eigenvalue weighted by Gasteiger charge is 2.11. The Morgan fingerprint density at radius 2 is 2.11 bits per heavy atom. The summed E-state index contributed by atoms with van der Waals surface area (Å²) in [6, 6.07) is 13.4. The lowest BCUT2D eigenvalue weighted by molar-refractivity contribution is 0.594. The van der Waals surface area contributed by atoms with E-state index in [0.29, 0.717) is 16.2 Å². The molecule has 19 heavy (non-hydrogen) atoms. The second kappa shape index (κ2) is 6.23. The molecule has 0 amide bonds. The van der Waals surface area contributed by atoms with Crippen LogP contribution in [0.25, 0.3) is 0 Å². The highest BCUT2D eigenvalue weighted by atomic mass is 79.9. The second-order valence-electron chi connectivity index (χ2n) is 4.13. The molecule has 0 unspecified atom stereocenters. The van der Waals surface area contributed by atoms with E-state index in [0.717, 1.165) is 5.56 Å². The highest BCUT2D eigenvalue weighted by molar-refractivity contribution is 9.10. The Morgan fingerprint density at radius 3 is 2.79 bits per heavy atom. The zero-order chi connectivity index (χ0) is 13.8. The maximum atomic E-state index is 14.0. The van der Waals surface area contributed by atoms with Gasteiger partial charge in [0.05, 0.1) is 10.0 Å². The van der Waals surface area contributed by atoms with Crippen molar-refractivity contribution in [3.05, 3.63) is 63.4 Å². The zero-order valence-corrected chi connectivity index (χ0v) is 12.7. The maximum Gasteiger partial charge on any atom is 0.152 e. The van der Waals surface area contributed by atoms with Crippen LogP contribution in [0.5, 0.6) is 0 Å². The van der Waals surface area contributed by atoms with Gasteiger partial charge in [-0.05, 0) is 40.5 Å². The van der Waals surface area contributed by atoms with Crippen molar-refractivity contribution in [2.45, 2.75) is 17.6 Å². The molecule has 0 radical (unpaired) electrons. The van der Waals surface area contributed by atoms with Crippen molar-refractivity contribution < 1.29 is 4.39 Å². The zero-order valence-electron chi connectivity index (χ0n) is 10.3. The van der Waals surface area contributed by atoms with Crippen molar-refractivity contribution in [2.75, 3.05) is 0 Å². The smallest absolute Gasteiger partial charge is 0.152 e. The minimum absolute atomic E-state index is 0.240. The lowest BCUT2D eigenvalue weighted by Gasteiger charge is -2.06. The molecule has 0 saturated heterocycles. The molecule has 0 fully saturated rings. The van der Waals surface area contributed by atoms with Gasteiger partial charge in [0.15, 0.2) is 5.82 Å². The van der Waals surface area contributed by atoms with Gasteiger partial charge in [-0.25, -0.2) is 4.39 Å². The lowest BCUT2D eigenvalue weighted by atomic mass is 10.2. The minimum Gasteiger partial charge on any atom is -0.204 e. The van der Waals surface area contributed by atoms with E-state index in [1.54, 1.807) is 12.1 Å². The lowest BCUT2D eigenvalue weighted by Crippen LogP contribution is -1.89. The fraction of sp³-hybridized carbons (Fsp3) is 0.133. The highest BCUT2D eigenvalue weighted by Crippen LogP contribution is 2.31. The monoisotopic (exact) mass is 335 g/mol. The quantitative estimate of drug-likeness (QED) is 0.732. The average Bonchev–Trinajstić information content (AvgIpc) is 2.41. The molecule has 0 spiro atoms. The topological polar surface area (TPSA) is 23.8 Å². The Hall–Kier alpha value is -1.31. The molecular weight excluding hydrogens is 325 g/mol. The third-order valence-corrected chi connectivity index (χ3v) is 4.52. The molecule has 0 saturated carbocycles. The molecule has 96 valence electrons. The van der Waals surface area contributed by atoms with Crippen molar-refractivity contribution in [3.8, 4) is 6.07 Å². The van der Waals surface area contributed by atoms with Gasteiger partial charge < -0.3 is 0 Å². The van der Waals surface area contributed by atoms with Crippen LogP contribution in [0.1, 0.15) is 16.7 Å². The van der Waals surface area contributed by atoms with Crippen molar-refractivity contribution in [2.24, 2.45) is 0 Å². The van der Waals surface area contributed by atoms with E-state index in [9.17, 15) is 4.39 Å². The van der Waals surface area contributed by atoms with Gasteiger partial charge in [0.2, 0.25) is 0 Å². The van der Waals surface area contributed by atoms with Gasteiger partial charge in [0.25, 0.3) is 0 Å². The predicted octanol–water partition coefficient (Wildman–Crippen LogP) is 5.06. The Morgan fingerprint density at radius 1 is 1.32 bits per heavy atom. The van der Waals surface area contributed by atoms with Crippen LogP contribution in [0.2, 0.25) is 0 Å². The van der Waals surface area contributed by atoms with Crippen molar-refractivity contribution >= 4 is 27.7 Å². The van der Waals surface area contributed by atoms with E-state index in [1.807, 2.05) is 31.2 Å². The largest absolute Gasteiger partial charge is 0.204 e. The molecule has 0 atom stereocenters. The molecule has 1 nitrogen and oxygen atoms in total. The molecule has 0 heterocycles. The van der Waals surface area contributed by atoms with Gasteiger partial charge in [0.1, 0.15) is 6.07 Å². The van der Waals surface area contributed by atoms with E-state index in [4.69, 9.17) is 5.26 Å². The van der Waals surface area contributed by atoms with Gasteiger partial charge >= 0.3 is 0 Å². The standard InChI is InChI=1S/C15H11BrFNS/c1-10-3-2-4-11(7-10)9-19-13-6-5-12(8-18)14(16)15(13)17/h2-7H,9H2,1H3. The Kier molecular flexibility index (Phi) is 4.62. The molecule has 0 N–H and O–H groups in total. The first-order valence-electron chi connectivity index (χ1n) is 5.68. The SMILES string of the molecule is Cc1cccc(CSc2ccc(C#N)c(Br)c2F)c1.